The standard InChI is InChI=1S/C11H17N3O3S/c1-3-17-11(16)9(12)10(15)13-5-4-8-6-18-7(2)14-8/h6,9H,3-5,12H2,1-2H3,(H,13,15). The summed E-state index contributed by atoms with van der Waals surface area (Å²) in [5.74, 6) is -1.24. The number of nitrogens with zero attached hydrogens (tertiary/aromatic N) is 1. The van der Waals surface area contributed by atoms with Gasteiger partial charge in [-0.25, -0.2) is 9.78 Å². The second kappa shape index (κ2) is 7.07. The summed E-state index contributed by atoms with van der Waals surface area (Å²) in [6.45, 7) is 4.18. The molecule has 0 saturated heterocycles. The van der Waals surface area contributed by atoms with Crippen LogP contribution in [0.3, 0.4) is 0 Å². The molecule has 0 bridgehead atoms. The van der Waals surface area contributed by atoms with Crippen LogP contribution in [-0.2, 0) is 20.7 Å². The molecule has 18 heavy (non-hydrogen) atoms. The second-order valence-corrected chi connectivity index (χ2v) is 4.69. The highest BCUT2D eigenvalue weighted by atomic mass is 32.1. The molecule has 0 radical (unpaired) electrons. The van der Waals surface area contributed by atoms with E-state index >= 15 is 0 Å². The Hall–Kier alpha value is -1.47. The molecule has 6 nitrogen and oxygen atoms in total. The summed E-state index contributed by atoms with van der Waals surface area (Å²) in [6.07, 6.45) is 0.617. The van der Waals surface area contributed by atoms with Crippen LogP contribution in [0.1, 0.15) is 17.6 Å². The number of hydrogen-bond acceptors (Lipinski definition) is 6. The van der Waals surface area contributed by atoms with Gasteiger partial charge in [-0.2, -0.15) is 0 Å². The monoisotopic (exact) mass is 271 g/mol. The van der Waals surface area contributed by atoms with Gasteiger partial charge in [0.2, 0.25) is 5.91 Å². The molecule has 0 aliphatic carbocycles. The molecule has 0 aliphatic rings. The summed E-state index contributed by atoms with van der Waals surface area (Å²) in [4.78, 5) is 27.0. The number of nitrogens with two attached hydrogens (primary N) is 1. The van der Waals surface area contributed by atoms with Crippen molar-refractivity contribution in [3.63, 3.8) is 0 Å². The van der Waals surface area contributed by atoms with Gasteiger partial charge in [-0.05, 0) is 13.8 Å². The Morgan fingerprint density at radius 2 is 2.33 bits per heavy atom. The Kier molecular flexibility index (Phi) is 5.73. The van der Waals surface area contributed by atoms with Gasteiger partial charge in [-0.1, -0.05) is 0 Å². The first-order chi connectivity index (χ1) is 8.54. The molecular weight excluding hydrogens is 254 g/mol. The van der Waals surface area contributed by atoms with Gasteiger partial charge in [0.1, 0.15) is 0 Å². The summed E-state index contributed by atoms with van der Waals surface area (Å²) in [7, 11) is 0. The molecule has 1 unspecified atom stereocenters. The van der Waals surface area contributed by atoms with E-state index in [0.29, 0.717) is 13.0 Å². The van der Waals surface area contributed by atoms with Crippen molar-refractivity contribution in [2.45, 2.75) is 26.3 Å². The quantitative estimate of drug-likeness (QED) is 0.561. The van der Waals surface area contributed by atoms with Crippen molar-refractivity contribution in [2.24, 2.45) is 5.73 Å². The second-order valence-electron chi connectivity index (χ2n) is 3.63. The number of nitrogens with one attached hydrogen (secondary N) is 1. The zero-order valence-corrected chi connectivity index (χ0v) is 11.3. The molecule has 0 fully saturated rings. The average Bonchev–Trinajstić information content (AvgIpc) is 2.74. The fourth-order valence-corrected chi connectivity index (χ4v) is 1.93. The molecule has 100 valence electrons. The third kappa shape index (κ3) is 4.42. The zero-order chi connectivity index (χ0) is 13.5. The van der Waals surface area contributed by atoms with Crippen LogP contribution in [0.4, 0.5) is 0 Å². The van der Waals surface area contributed by atoms with Crippen LogP contribution in [0, 0.1) is 6.92 Å². The molecule has 3 N–H and O–H groups in total. The molecular formula is C11H17N3O3S. The van der Waals surface area contributed by atoms with E-state index in [2.05, 4.69) is 15.0 Å². The van der Waals surface area contributed by atoms with Gasteiger partial charge < -0.3 is 15.8 Å². The van der Waals surface area contributed by atoms with Crippen molar-refractivity contribution in [1.29, 1.82) is 0 Å². The van der Waals surface area contributed by atoms with Crippen LogP contribution in [0.25, 0.3) is 0 Å². The van der Waals surface area contributed by atoms with Gasteiger partial charge in [0.25, 0.3) is 0 Å². The Morgan fingerprint density at radius 3 is 2.89 bits per heavy atom. The molecule has 0 aromatic carbocycles. The van der Waals surface area contributed by atoms with E-state index in [4.69, 9.17) is 5.73 Å². The fourth-order valence-electron chi connectivity index (χ4n) is 1.29. The number of aromatic nitrogens is 1. The lowest BCUT2D eigenvalue weighted by molar-refractivity contribution is -0.147. The maximum Gasteiger partial charge on any atom is 0.332 e. The Balaban J connectivity index is 2.30. The lowest BCUT2D eigenvalue weighted by atomic mass is 10.3. The Labute approximate surface area is 110 Å². The number of carbonyl (C=O) groups excluding carboxylic acids is 2. The summed E-state index contributed by atoms with van der Waals surface area (Å²) >= 11 is 1.56. The highest BCUT2D eigenvalue weighted by molar-refractivity contribution is 7.09. The summed E-state index contributed by atoms with van der Waals surface area (Å²) < 4.78 is 4.66. The lowest BCUT2D eigenvalue weighted by Crippen LogP contribution is -2.47. The van der Waals surface area contributed by atoms with Crippen molar-refractivity contribution < 1.29 is 14.3 Å². The summed E-state index contributed by atoms with van der Waals surface area (Å²) in [6, 6.07) is -1.26. The van der Waals surface area contributed by atoms with Gasteiger partial charge in [0.15, 0.2) is 6.04 Å². The molecule has 0 spiro atoms. The normalized spacial score (nSPS) is 11.9. The summed E-state index contributed by atoms with van der Waals surface area (Å²) in [5, 5.41) is 5.50. The molecule has 0 saturated carbocycles. The van der Waals surface area contributed by atoms with Crippen LogP contribution < -0.4 is 11.1 Å². The van der Waals surface area contributed by atoms with Crippen molar-refractivity contribution >= 4 is 23.2 Å². The number of esters is 1. The third-order valence-corrected chi connectivity index (χ3v) is 2.99. The van der Waals surface area contributed by atoms with Crippen LogP contribution >= 0.6 is 11.3 Å². The average molecular weight is 271 g/mol. The van der Waals surface area contributed by atoms with Crippen LogP contribution in [0.2, 0.25) is 0 Å². The van der Waals surface area contributed by atoms with E-state index in [0.717, 1.165) is 10.7 Å². The smallest absolute Gasteiger partial charge is 0.332 e. The molecule has 1 heterocycles. The molecule has 7 heteroatoms. The highest BCUT2D eigenvalue weighted by Gasteiger charge is 2.22. The minimum atomic E-state index is -1.26. The molecule has 0 aliphatic heterocycles. The first-order valence-electron chi connectivity index (χ1n) is 5.65. The van der Waals surface area contributed by atoms with E-state index in [-0.39, 0.29) is 6.61 Å². The Bertz CT molecular complexity index is 419. The van der Waals surface area contributed by atoms with Gasteiger partial charge in [-0.15, -0.1) is 11.3 Å². The first-order valence-corrected chi connectivity index (χ1v) is 6.53. The number of amides is 1. The Morgan fingerprint density at radius 1 is 1.61 bits per heavy atom. The van der Waals surface area contributed by atoms with E-state index in [9.17, 15) is 9.59 Å². The predicted molar refractivity (Wildman–Crippen MR) is 68.2 cm³/mol. The zero-order valence-electron chi connectivity index (χ0n) is 10.4. The van der Waals surface area contributed by atoms with Crippen molar-refractivity contribution in [3.05, 3.63) is 16.1 Å². The molecule has 1 amide bonds. The SMILES string of the molecule is CCOC(=O)C(N)C(=O)NCCc1csc(C)n1. The number of carbonyl (C=O) groups is 2. The minimum absolute atomic E-state index is 0.206. The first kappa shape index (κ1) is 14.6. The third-order valence-electron chi connectivity index (χ3n) is 2.17. The molecule has 1 rings (SSSR count). The summed E-state index contributed by atoms with van der Waals surface area (Å²) in [5.41, 5.74) is 6.35. The topological polar surface area (TPSA) is 94.3 Å². The number of ether oxygens (including phenoxy) is 1. The minimum Gasteiger partial charge on any atom is -0.464 e. The maximum atomic E-state index is 11.5. The van der Waals surface area contributed by atoms with Gasteiger partial charge in [0, 0.05) is 18.3 Å². The number of aryl methyl sites for hydroxylation is 1. The van der Waals surface area contributed by atoms with Crippen LogP contribution in [0.5, 0.6) is 0 Å². The maximum absolute atomic E-state index is 11.5. The van der Waals surface area contributed by atoms with E-state index < -0.39 is 17.9 Å². The van der Waals surface area contributed by atoms with Gasteiger partial charge in [0.05, 0.1) is 17.3 Å². The molecule has 1 aromatic heterocycles. The van der Waals surface area contributed by atoms with E-state index in [1.165, 1.54) is 0 Å². The highest BCUT2D eigenvalue weighted by Crippen LogP contribution is 2.07. The lowest BCUT2D eigenvalue weighted by Gasteiger charge is -2.10. The van der Waals surface area contributed by atoms with Crippen molar-refractivity contribution in [2.75, 3.05) is 13.2 Å². The van der Waals surface area contributed by atoms with Gasteiger partial charge in [-0.3, -0.25) is 4.79 Å². The fraction of sp³-hybridized carbons (Fsp3) is 0.545. The van der Waals surface area contributed by atoms with Crippen LogP contribution in [0.15, 0.2) is 5.38 Å². The van der Waals surface area contributed by atoms with E-state index in [1.807, 2.05) is 12.3 Å². The van der Waals surface area contributed by atoms with Crippen LogP contribution in [-0.4, -0.2) is 36.1 Å². The molecule has 1 aromatic rings. The van der Waals surface area contributed by atoms with Crippen molar-refractivity contribution in [1.82, 2.24) is 10.3 Å². The number of rotatable bonds is 6. The largest absolute Gasteiger partial charge is 0.464 e. The van der Waals surface area contributed by atoms with E-state index in [1.54, 1.807) is 18.3 Å². The molecule has 1 atom stereocenters. The van der Waals surface area contributed by atoms with Gasteiger partial charge >= 0.3 is 5.97 Å². The van der Waals surface area contributed by atoms with Crippen molar-refractivity contribution in [3.8, 4) is 0 Å². The number of hydrogen-bond donors (Lipinski definition) is 2. The predicted octanol–water partition coefficient (Wildman–Crippen LogP) is 0.000620. The number of thiazole rings is 1.